The lowest BCUT2D eigenvalue weighted by Gasteiger charge is -2.33. The van der Waals surface area contributed by atoms with Crippen LogP contribution in [-0.2, 0) is 16.1 Å². The van der Waals surface area contributed by atoms with Crippen molar-refractivity contribution in [3.8, 4) is 11.7 Å². The molecule has 2 aromatic heterocycles. The second-order valence-corrected chi connectivity index (χ2v) is 9.20. The van der Waals surface area contributed by atoms with Crippen molar-refractivity contribution in [3.05, 3.63) is 34.6 Å². The van der Waals surface area contributed by atoms with Crippen molar-refractivity contribution in [1.29, 1.82) is 0 Å². The smallest absolute Gasteiger partial charge is 0.410 e. The van der Waals surface area contributed by atoms with Gasteiger partial charge in [-0.15, -0.1) is 0 Å². The molecule has 0 saturated carbocycles. The van der Waals surface area contributed by atoms with Crippen LogP contribution >= 0.6 is 15.9 Å². The van der Waals surface area contributed by atoms with Crippen LogP contribution in [0.4, 0.5) is 4.79 Å². The third-order valence-corrected chi connectivity index (χ3v) is 5.19. The Bertz CT molecular complexity index is 1030. The van der Waals surface area contributed by atoms with Crippen LogP contribution in [0.15, 0.2) is 37.7 Å². The lowest BCUT2D eigenvalue weighted by atomic mass is 10.1. The Morgan fingerprint density at radius 2 is 2.03 bits per heavy atom. The fourth-order valence-electron chi connectivity index (χ4n) is 3.26. The summed E-state index contributed by atoms with van der Waals surface area (Å²) >= 11 is 3.45. The van der Waals surface area contributed by atoms with E-state index >= 15 is 0 Å². The molecule has 3 aromatic rings. The first-order valence-electron chi connectivity index (χ1n) is 9.88. The van der Waals surface area contributed by atoms with E-state index in [9.17, 15) is 4.79 Å². The van der Waals surface area contributed by atoms with Gasteiger partial charge in [-0.25, -0.2) is 4.79 Å². The summed E-state index contributed by atoms with van der Waals surface area (Å²) in [4.78, 5) is 18.2. The third-order valence-electron chi connectivity index (χ3n) is 4.70. The van der Waals surface area contributed by atoms with Crippen LogP contribution in [0, 0.1) is 0 Å². The Labute approximate surface area is 182 Å². The van der Waals surface area contributed by atoms with Crippen LogP contribution in [0.2, 0.25) is 0 Å². The highest BCUT2D eigenvalue weighted by Crippen LogP contribution is 2.29. The second kappa shape index (κ2) is 8.39. The Kier molecular flexibility index (Phi) is 5.84. The van der Waals surface area contributed by atoms with Gasteiger partial charge in [0.1, 0.15) is 17.8 Å². The Morgan fingerprint density at radius 3 is 2.77 bits per heavy atom. The summed E-state index contributed by atoms with van der Waals surface area (Å²) in [6.45, 7) is 7.04. The van der Waals surface area contributed by atoms with Crippen LogP contribution in [0.3, 0.4) is 0 Å². The fraction of sp³-hybridized carbons (Fsp3) is 0.476. The maximum Gasteiger partial charge on any atom is 0.410 e. The molecule has 30 heavy (non-hydrogen) atoms. The number of benzene rings is 1. The maximum atomic E-state index is 12.1. The van der Waals surface area contributed by atoms with Gasteiger partial charge in [-0.1, -0.05) is 21.1 Å². The van der Waals surface area contributed by atoms with E-state index in [1.54, 1.807) is 4.90 Å². The van der Waals surface area contributed by atoms with Gasteiger partial charge in [-0.05, 0) is 57.9 Å². The highest BCUT2D eigenvalue weighted by Gasteiger charge is 2.27. The Hall–Kier alpha value is -2.39. The molecule has 160 valence electrons. The van der Waals surface area contributed by atoms with Crippen molar-refractivity contribution < 1.29 is 23.2 Å². The average Bonchev–Trinajstić information content (AvgIpc) is 3.31. The van der Waals surface area contributed by atoms with E-state index in [0.29, 0.717) is 30.6 Å². The minimum atomic E-state index is -0.489. The van der Waals surface area contributed by atoms with Crippen LogP contribution in [0.5, 0.6) is 0 Å². The molecule has 0 bridgehead atoms. The maximum absolute atomic E-state index is 12.1. The summed E-state index contributed by atoms with van der Waals surface area (Å²) in [6, 6.07) is 7.63. The normalized spacial score (nSPS) is 15.7. The number of nitrogens with zero attached hydrogens (tertiary/aromatic N) is 3. The Morgan fingerprint density at radius 1 is 1.27 bits per heavy atom. The zero-order valence-corrected chi connectivity index (χ0v) is 18.8. The van der Waals surface area contributed by atoms with Gasteiger partial charge < -0.3 is 23.3 Å². The number of likely N-dealkylation sites (tertiary alicyclic amines) is 1. The van der Waals surface area contributed by atoms with Gasteiger partial charge in [0, 0.05) is 22.9 Å². The molecule has 9 heteroatoms. The standard InChI is InChI=1S/C21H24BrN3O5/c1-21(2,3)29-20(26)25-8-6-15(7-9-25)27-12-18-23-19(30-24-18)17-11-13-10-14(22)4-5-16(13)28-17/h4-5,10-11,15H,6-9,12H2,1-3H3. The van der Waals surface area contributed by atoms with E-state index in [2.05, 4.69) is 26.1 Å². The molecule has 1 aromatic carbocycles. The summed E-state index contributed by atoms with van der Waals surface area (Å²) in [5, 5.41) is 4.93. The van der Waals surface area contributed by atoms with Crippen LogP contribution in [0.25, 0.3) is 22.6 Å². The molecule has 0 unspecified atom stereocenters. The molecular formula is C21H24BrN3O5. The molecule has 0 N–H and O–H groups in total. The molecule has 0 radical (unpaired) electrons. The summed E-state index contributed by atoms with van der Waals surface area (Å²) in [7, 11) is 0. The third kappa shape index (κ3) is 5.02. The summed E-state index contributed by atoms with van der Waals surface area (Å²) < 4.78 is 23.4. The minimum Gasteiger partial charge on any atom is -0.451 e. The first-order chi connectivity index (χ1) is 14.3. The average molecular weight is 478 g/mol. The highest BCUT2D eigenvalue weighted by atomic mass is 79.9. The van der Waals surface area contributed by atoms with Crippen molar-refractivity contribution in [3.63, 3.8) is 0 Å². The van der Waals surface area contributed by atoms with Gasteiger partial charge in [-0.3, -0.25) is 0 Å². The van der Waals surface area contributed by atoms with Gasteiger partial charge in [0.25, 0.3) is 5.89 Å². The van der Waals surface area contributed by atoms with Crippen LogP contribution in [0.1, 0.15) is 39.4 Å². The zero-order chi connectivity index (χ0) is 21.3. The lowest BCUT2D eigenvalue weighted by Crippen LogP contribution is -2.43. The number of hydrogen-bond acceptors (Lipinski definition) is 7. The molecule has 8 nitrogen and oxygen atoms in total. The molecule has 0 spiro atoms. The number of carbonyl (C=O) groups excluding carboxylic acids is 1. The largest absolute Gasteiger partial charge is 0.451 e. The van der Waals surface area contributed by atoms with Gasteiger partial charge in [0.05, 0.1) is 6.10 Å². The quantitative estimate of drug-likeness (QED) is 0.512. The van der Waals surface area contributed by atoms with E-state index in [4.69, 9.17) is 18.4 Å². The minimum absolute atomic E-state index is 0.0363. The molecule has 1 fully saturated rings. The van der Waals surface area contributed by atoms with Crippen LogP contribution < -0.4 is 0 Å². The predicted octanol–water partition coefficient (Wildman–Crippen LogP) is 5.16. The van der Waals surface area contributed by atoms with Gasteiger partial charge in [-0.2, -0.15) is 4.98 Å². The summed E-state index contributed by atoms with van der Waals surface area (Å²) in [6.07, 6.45) is 1.24. The molecule has 0 atom stereocenters. The topological polar surface area (TPSA) is 90.8 Å². The first-order valence-corrected chi connectivity index (χ1v) is 10.7. The van der Waals surface area contributed by atoms with Crippen molar-refractivity contribution in [2.45, 2.75) is 51.9 Å². The molecule has 1 aliphatic heterocycles. The fourth-order valence-corrected chi connectivity index (χ4v) is 3.63. The monoisotopic (exact) mass is 477 g/mol. The van der Waals surface area contributed by atoms with E-state index in [1.165, 1.54) is 0 Å². The Balaban J connectivity index is 1.29. The number of ether oxygens (including phenoxy) is 2. The molecule has 3 heterocycles. The number of fused-ring (bicyclic) bond motifs is 1. The SMILES string of the molecule is CC(C)(C)OC(=O)N1CCC(OCc2noc(-c3cc4cc(Br)ccc4o3)n2)CC1. The van der Waals surface area contributed by atoms with E-state index in [0.717, 1.165) is 28.3 Å². The van der Waals surface area contributed by atoms with Crippen molar-refractivity contribution in [2.75, 3.05) is 13.1 Å². The van der Waals surface area contributed by atoms with Crippen molar-refractivity contribution >= 4 is 33.0 Å². The molecule has 1 amide bonds. The number of hydrogen-bond donors (Lipinski definition) is 0. The number of halogens is 1. The predicted molar refractivity (Wildman–Crippen MR) is 113 cm³/mol. The number of furan rings is 1. The molecule has 1 aliphatic rings. The van der Waals surface area contributed by atoms with Crippen molar-refractivity contribution in [2.24, 2.45) is 0 Å². The molecule has 1 saturated heterocycles. The van der Waals surface area contributed by atoms with Gasteiger partial charge >= 0.3 is 6.09 Å². The molecule has 0 aliphatic carbocycles. The van der Waals surface area contributed by atoms with Crippen molar-refractivity contribution in [1.82, 2.24) is 15.0 Å². The first kappa shape index (κ1) is 20.9. The van der Waals surface area contributed by atoms with E-state index < -0.39 is 5.60 Å². The van der Waals surface area contributed by atoms with E-state index in [1.807, 2.05) is 45.0 Å². The van der Waals surface area contributed by atoms with Gasteiger partial charge in [0.2, 0.25) is 0 Å². The number of amides is 1. The molecular weight excluding hydrogens is 454 g/mol. The van der Waals surface area contributed by atoms with Gasteiger partial charge in [0.15, 0.2) is 11.6 Å². The lowest BCUT2D eigenvalue weighted by molar-refractivity contribution is -0.0190. The van der Waals surface area contributed by atoms with E-state index in [-0.39, 0.29) is 18.8 Å². The summed E-state index contributed by atoms with van der Waals surface area (Å²) in [5.41, 5.74) is 0.262. The van der Waals surface area contributed by atoms with Crippen LogP contribution in [-0.4, -0.2) is 45.9 Å². The number of rotatable bonds is 4. The highest BCUT2D eigenvalue weighted by molar-refractivity contribution is 9.10. The number of carbonyl (C=O) groups is 1. The number of aromatic nitrogens is 2. The second-order valence-electron chi connectivity index (χ2n) is 8.29. The zero-order valence-electron chi connectivity index (χ0n) is 17.2. The summed E-state index contributed by atoms with van der Waals surface area (Å²) in [5.74, 6) is 1.30. The number of piperidine rings is 1. The molecule has 4 rings (SSSR count).